The molecule has 4 aromatic rings. The lowest BCUT2D eigenvalue weighted by molar-refractivity contribution is 0.442. The normalized spacial score (nSPS) is 20.5. The predicted octanol–water partition coefficient (Wildman–Crippen LogP) is 3.64. The molecule has 8 nitrogen and oxygen atoms in total. The molecule has 0 N–H and O–H groups in total. The summed E-state index contributed by atoms with van der Waals surface area (Å²) in [6.07, 6.45) is 10.6. The van der Waals surface area contributed by atoms with E-state index in [0.717, 1.165) is 47.7 Å². The molecule has 0 amide bonds. The Morgan fingerprint density at radius 2 is 1.82 bits per heavy atom. The van der Waals surface area contributed by atoms with Crippen LogP contribution in [-0.2, 0) is 10.0 Å². The van der Waals surface area contributed by atoms with Gasteiger partial charge in [-0.05, 0) is 50.8 Å². The summed E-state index contributed by atoms with van der Waals surface area (Å²) in [6.45, 7) is 1.92. The molecule has 3 aromatic heterocycles. The first-order valence-electron chi connectivity index (χ1n) is 11.0. The molecule has 6 rings (SSSR count). The van der Waals surface area contributed by atoms with Gasteiger partial charge in [-0.2, -0.15) is 5.26 Å². The highest BCUT2D eigenvalue weighted by Crippen LogP contribution is 2.39. The highest BCUT2D eigenvalue weighted by Gasteiger charge is 2.39. The maximum Gasteiger partial charge on any atom is 0.269 e. The third kappa shape index (κ3) is 2.98. The maximum absolute atomic E-state index is 13.4. The molecule has 0 aliphatic carbocycles. The van der Waals surface area contributed by atoms with Crippen LogP contribution in [0.15, 0.2) is 65.6 Å². The van der Waals surface area contributed by atoms with Crippen molar-refractivity contribution in [3.8, 4) is 6.07 Å². The Morgan fingerprint density at radius 1 is 1.09 bits per heavy atom. The number of fused-ring (bicyclic) bond motifs is 5. The minimum atomic E-state index is -3.78. The van der Waals surface area contributed by atoms with Crippen LogP contribution in [0.5, 0.6) is 0 Å². The van der Waals surface area contributed by atoms with Gasteiger partial charge in [0.05, 0.1) is 17.2 Å². The highest BCUT2D eigenvalue weighted by atomic mass is 32.2. The summed E-state index contributed by atoms with van der Waals surface area (Å²) in [5, 5.41) is 12.2. The van der Waals surface area contributed by atoms with E-state index < -0.39 is 10.0 Å². The van der Waals surface area contributed by atoms with Gasteiger partial charge in [0.25, 0.3) is 10.0 Å². The first-order chi connectivity index (χ1) is 16.0. The van der Waals surface area contributed by atoms with E-state index in [2.05, 4.69) is 25.7 Å². The second-order valence-electron chi connectivity index (χ2n) is 8.85. The number of benzene rings is 1. The number of nitrogens with zero attached hydrogens (tertiary/aromatic N) is 6. The average Bonchev–Trinajstić information content (AvgIpc) is 3.47. The summed E-state index contributed by atoms with van der Waals surface area (Å²) < 4.78 is 30.0. The molecular weight excluding hydrogens is 436 g/mol. The van der Waals surface area contributed by atoms with Gasteiger partial charge >= 0.3 is 0 Å². The quantitative estimate of drug-likeness (QED) is 0.435. The molecule has 2 fully saturated rings. The predicted molar refractivity (Wildman–Crippen MR) is 125 cm³/mol. The fraction of sp³-hybridized carbons (Fsp3) is 0.292. The lowest BCUT2D eigenvalue weighted by Crippen LogP contribution is -2.47. The van der Waals surface area contributed by atoms with Crippen LogP contribution in [0.4, 0.5) is 0 Å². The highest BCUT2D eigenvalue weighted by molar-refractivity contribution is 7.90. The number of hydrogen-bond donors (Lipinski definition) is 0. The Balaban J connectivity index is 1.49. The number of nitriles is 1. The molecular formula is C24H22N6O2S. The van der Waals surface area contributed by atoms with Crippen molar-refractivity contribution < 1.29 is 8.42 Å². The number of pyridine rings is 1. The summed E-state index contributed by atoms with van der Waals surface area (Å²) in [5.74, 6) is 0. The molecule has 5 heterocycles. The Labute approximate surface area is 191 Å². The van der Waals surface area contributed by atoms with E-state index in [9.17, 15) is 8.42 Å². The first-order valence-corrected chi connectivity index (χ1v) is 12.4. The van der Waals surface area contributed by atoms with E-state index in [0.29, 0.717) is 17.7 Å². The van der Waals surface area contributed by atoms with E-state index in [-0.39, 0.29) is 4.90 Å². The van der Waals surface area contributed by atoms with Crippen molar-refractivity contribution in [2.24, 2.45) is 0 Å². The minimum absolute atomic E-state index is 0.229. The lowest BCUT2D eigenvalue weighted by atomic mass is 9.98. The molecule has 166 valence electrons. The zero-order chi connectivity index (χ0) is 22.7. The maximum atomic E-state index is 13.4. The Morgan fingerprint density at radius 3 is 2.52 bits per heavy atom. The summed E-state index contributed by atoms with van der Waals surface area (Å²) in [4.78, 5) is 9.27. The topological polar surface area (TPSA) is 96.8 Å². The molecule has 0 spiro atoms. The average molecular weight is 459 g/mol. The Bertz CT molecular complexity index is 1560. The molecule has 0 saturated carbocycles. The van der Waals surface area contributed by atoms with Crippen LogP contribution in [0.1, 0.15) is 31.2 Å². The number of rotatable bonds is 3. The molecule has 2 unspecified atom stereocenters. The molecule has 2 atom stereocenters. The molecule has 2 aliphatic heterocycles. The molecule has 2 aliphatic rings. The second kappa shape index (κ2) is 7.18. The number of imidazole rings is 1. The van der Waals surface area contributed by atoms with Crippen LogP contribution in [0.3, 0.4) is 0 Å². The molecule has 2 saturated heterocycles. The first kappa shape index (κ1) is 20.0. The smallest absolute Gasteiger partial charge is 0.269 e. The second-order valence-corrected chi connectivity index (χ2v) is 10.7. The number of piperidine rings is 1. The Hall–Kier alpha value is -3.64. The summed E-state index contributed by atoms with van der Waals surface area (Å²) in [6, 6.07) is 11.4. The van der Waals surface area contributed by atoms with Gasteiger partial charge in [-0.1, -0.05) is 23.3 Å². The third-order valence-electron chi connectivity index (χ3n) is 6.84. The largest absolute Gasteiger partial charge is 0.305 e. The summed E-state index contributed by atoms with van der Waals surface area (Å²) in [7, 11) is -3.78. The van der Waals surface area contributed by atoms with Gasteiger partial charge in [0.1, 0.15) is 17.4 Å². The third-order valence-corrected chi connectivity index (χ3v) is 8.52. The van der Waals surface area contributed by atoms with E-state index >= 15 is 0 Å². The monoisotopic (exact) mass is 458 g/mol. The van der Waals surface area contributed by atoms with Crippen molar-refractivity contribution in [3.63, 3.8) is 0 Å². The van der Waals surface area contributed by atoms with Crippen molar-refractivity contribution in [2.75, 3.05) is 5.01 Å². The van der Waals surface area contributed by atoms with E-state index in [4.69, 9.17) is 5.26 Å². The Kier molecular flexibility index (Phi) is 4.35. The fourth-order valence-corrected chi connectivity index (χ4v) is 6.63. The SMILES string of the molecule is Cc1ccc(S(=O)(=O)n2ccc3c4c(cnc32)ncn4N2C3CCC2CC(=CC#N)C3)cc1. The van der Waals surface area contributed by atoms with Crippen molar-refractivity contribution in [1.29, 1.82) is 5.26 Å². The minimum Gasteiger partial charge on any atom is -0.305 e. The van der Waals surface area contributed by atoms with Gasteiger partial charge in [0.15, 0.2) is 5.65 Å². The van der Waals surface area contributed by atoms with Gasteiger partial charge in [-0.25, -0.2) is 27.0 Å². The fourth-order valence-electron chi connectivity index (χ4n) is 5.33. The number of allylic oxidation sites excluding steroid dienone is 1. The van der Waals surface area contributed by atoms with Gasteiger partial charge in [0.2, 0.25) is 0 Å². The van der Waals surface area contributed by atoms with Gasteiger partial charge < -0.3 is 5.01 Å². The van der Waals surface area contributed by atoms with Gasteiger partial charge in [0, 0.05) is 29.7 Å². The van der Waals surface area contributed by atoms with Crippen molar-refractivity contribution in [1.82, 2.24) is 18.6 Å². The molecule has 9 heteroatoms. The number of aryl methyl sites for hydroxylation is 1. The lowest BCUT2D eigenvalue weighted by Gasteiger charge is -2.38. The van der Waals surface area contributed by atoms with Crippen molar-refractivity contribution >= 4 is 32.1 Å². The van der Waals surface area contributed by atoms with E-state index in [1.165, 1.54) is 9.55 Å². The van der Waals surface area contributed by atoms with Crippen LogP contribution < -0.4 is 5.01 Å². The van der Waals surface area contributed by atoms with Gasteiger partial charge in [-0.15, -0.1) is 0 Å². The number of aromatic nitrogens is 4. The van der Waals surface area contributed by atoms with Crippen LogP contribution in [-0.4, -0.2) is 39.1 Å². The zero-order valence-corrected chi connectivity index (χ0v) is 18.9. The molecule has 1 aromatic carbocycles. The molecule has 33 heavy (non-hydrogen) atoms. The van der Waals surface area contributed by atoms with Crippen LogP contribution >= 0.6 is 0 Å². The van der Waals surface area contributed by atoms with Crippen LogP contribution in [0.25, 0.3) is 22.1 Å². The van der Waals surface area contributed by atoms with Crippen LogP contribution in [0.2, 0.25) is 0 Å². The zero-order valence-electron chi connectivity index (χ0n) is 18.1. The molecule has 0 radical (unpaired) electrons. The van der Waals surface area contributed by atoms with Crippen LogP contribution in [0, 0.1) is 18.3 Å². The van der Waals surface area contributed by atoms with Crippen molar-refractivity contribution in [3.05, 3.63) is 66.3 Å². The number of hydrogen-bond acceptors (Lipinski definition) is 6. The van der Waals surface area contributed by atoms with Crippen molar-refractivity contribution in [2.45, 2.75) is 49.6 Å². The summed E-state index contributed by atoms with van der Waals surface area (Å²) >= 11 is 0. The molecule has 2 bridgehead atoms. The van der Waals surface area contributed by atoms with E-state index in [1.54, 1.807) is 48.8 Å². The van der Waals surface area contributed by atoms with Gasteiger partial charge in [-0.3, -0.25) is 0 Å². The summed E-state index contributed by atoms with van der Waals surface area (Å²) in [5.41, 5.74) is 4.18. The standard InChI is InChI=1S/C24H22N6O2S/c1-16-2-6-20(7-3-16)33(31,32)29-11-9-21-23-22(14-26-24(21)29)27-15-28(23)30-18-4-5-19(30)13-17(12-18)8-10-25/h2-3,6-9,11,14-15,18-19H,4-5,12-13H2,1H3. The van der Waals surface area contributed by atoms with E-state index in [1.807, 2.05) is 13.3 Å².